The molecular weight excluding hydrogens is 190 g/mol. The number of anilines is 1. The first kappa shape index (κ1) is 9.58. The number of aryl methyl sites for hydroxylation is 1. The minimum Gasteiger partial charge on any atom is -0.497 e. The van der Waals surface area contributed by atoms with Crippen molar-refractivity contribution in [2.75, 3.05) is 12.8 Å². The molecule has 0 aliphatic rings. The molecule has 0 spiro atoms. The Morgan fingerprint density at radius 1 is 1.33 bits per heavy atom. The van der Waals surface area contributed by atoms with E-state index < -0.39 is 0 Å². The Labute approximate surface area is 88.3 Å². The average molecular weight is 203 g/mol. The second-order valence-corrected chi connectivity index (χ2v) is 3.31. The molecule has 2 aromatic rings. The van der Waals surface area contributed by atoms with Gasteiger partial charge in [0.15, 0.2) is 0 Å². The maximum atomic E-state index is 5.62. The van der Waals surface area contributed by atoms with Gasteiger partial charge in [0, 0.05) is 18.7 Å². The summed E-state index contributed by atoms with van der Waals surface area (Å²) in [5.41, 5.74) is 7.64. The van der Waals surface area contributed by atoms with Gasteiger partial charge < -0.3 is 10.5 Å². The first-order chi connectivity index (χ1) is 7.20. The minimum atomic E-state index is 0.523. The number of benzene rings is 1. The van der Waals surface area contributed by atoms with Crippen LogP contribution in [0.15, 0.2) is 30.3 Å². The van der Waals surface area contributed by atoms with Crippen LogP contribution in [-0.2, 0) is 7.05 Å². The molecule has 0 aliphatic carbocycles. The second kappa shape index (κ2) is 3.65. The van der Waals surface area contributed by atoms with E-state index in [-0.39, 0.29) is 0 Å². The highest BCUT2D eigenvalue weighted by Crippen LogP contribution is 2.24. The zero-order chi connectivity index (χ0) is 10.8. The maximum absolute atomic E-state index is 5.62. The van der Waals surface area contributed by atoms with Crippen LogP contribution in [0.4, 0.5) is 5.82 Å². The van der Waals surface area contributed by atoms with E-state index in [4.69, 9.17) is 10.5 Å². The lowest BCUT2D eigenvalue weighted by Gasteiger charge is -2.04. The molecule has 0 bridgehead atoms. The lowest BCUT2D eigenvalue weighted by atomic mass is 10.1. The predicted octanol–water partition coefficient (Wildman–Crippen LogP) is 1.68. The molecule has 0 radical (unpaired) electrons. The lowest BCUT2D eigenvalue weighted by molar-refractivity contribution is 0.415. The summed E-state index contributed by atoms with van der Waals surface area (Å²) in [7, 11) is 3.52. The van der Waals surface area contributed by atoms with E-state index in [2.05, 4.69) is 5.10 Å². The van der Waals surface area contributed by atoms with Crippen molar-refractivity contribution in [3.63, 3.8) is 0 Å². The van der Waals surface area contributed by atoms with Gasteiger partial charge in [-0.05, 0) is 12.1 Å². The fourth-order valence-electron chi connectivity index (χ4n) is 1.54. The molecule has 1 heterocycles. The summed E-state index contributed by atoms with van der Waals surface area (Å²) in [5, 5.41) is 4.10. The zero-order valence-corrected chi connectivity index (χ0v) is 8.77. The molecule has 1 aromatic heterocycles. The van der Waals surface area contributed by atoms with Crippen LogP contribution in [0.5, 0.6) is 5.75 Å². The zero-order valence-electron chi connectivity index (χ0n) is 8.77. The van der Waals surface area contributed by atoms with Crippen LogP contribution in [0.2, 0.25) is 0 Å². The fourth-order valence-corrected chi connectivity index (χ4v) is 1.54. The van der Waals surface area contributed by atoms with Crippen molar-refractivity contribution in [1.82, 2.24) is 9.78 Å². The highest BCUT2D eigenvalue weighted by Gasteiger charge is 2.05. The number of aromatic nitrogens is 2. The summed E-state index contributed by atoms with van der Waals surface area (Å²) >= 11 is 0. The van der Waals surface area contributed by atoms with E-state index in [0.29, 0.717) is 5.82 Å². The average Bonchev–Trinajstić information content (AvgIpc) is 2.58. The van der Waals surface area contributed by atoms with E-state index >= 15 is 0 Å². The van der Waals surface area contributed by atoms with Crippen LogP contribution in [0.25, 0.3) is 11.3 Å². The number of methoxy groups -OCH3 is 1. The molecule has 2 N–H and O–H groups in total. The van der Waals surface area contributed by atoms with Gasteiger partial charge in [-0.3, -0.25) is 4.68 Å². The van der Waals surface area contributed by atoms with Gasteiger partial charge in [-0.1, -0.05) is 12.1 Å². The van der Waals surface area contributed by atoms with Crippen molar-refractivity contribution in [3.05, 3.63) is 30.3 Å². The van der Waals surface area contributed by atoms with Gasteiger partial charge in [-0.2, -0.15) is 5.10 Å². The second-order valence-electron chi connectivity index (χ2n) is 3.31. The normalized spacial score (nSPS) is 10.3. The SMILES string of the molecule is COc1cccc(-c2cc(N)nn2C)c1. The Hall–Kier alpha value is -1.97. The van der Waals surface area contributed by atoms with Gasteiger partial charge in [0.25, 0.3) is 0 Å². The van der Waals surface area contributed by atoms with Gasteiger partial charge in [0.1, 0.15) is 11.6 Å². The third-order valence-electron chi connectivity index (χ3n) is 2.26. The molecule has 0 unspecified atom stereocenters. The van der Waals surface area contributed by atoms with Crippen molar-refractivity contribution >= 4 is 5.82 Å². The molecule has 0 atom stereocenters. The van der Waals surface area contributed by atoms with Crippen LogP contribution in [0, 0.1) is 0 Å². The van der Waals surface area contributed by atoms with Crippen molar-refractivity contribution < 1.29 is 4.74 Å². The Kier molecular flexibility index (Phi) is 2.33. The van der Waals surface area contributed by atoms with Crippen LogP contribution < -0.4 is 10.5 Å². The Morgan fingerprint density at radius 2 is 2.13 bits per heavy atom. The van der Waals surface area contributed by atoms with Gasteiger partial charge in [0.2, 0.25) is 0 Å². The van der Waals surface area contributed by atoms with E-state index in [0.717, 1.165) is 17.0 Å². The monoisotopic (exact) mass is 203 g/mol. The fraction of sp³-hybridized carbons (Fsp3) is 0.182. The topological polar surface area (TPSA) is 53.1 Å². The van der Waals surface area contributed by atoms with E-state index in [1.165, 1.54) is 0 Å². The van der Waals surface area contributed by atoms with Crippen LogP contribution in [0.3, 0.4) is 0 Å². The van der Waals surface area contributed by atoms with Crippen LogP contribution in [0.1, 0.15) is 0 Å². The third-order valence-corrected chi connectivity index (χ3v) is 2.26. The number of nitrogens with two attached hydrogens (primary N) is 1. The molecule has 0 saturated carbocycles. The highest BCUT2D eigenvalue weighted by atomic mass is 16.5. The first-order valence-corrected chi connectivity index (χ1v) is 4.64. The summed E-state index contributed by atoms with van der Waals surface area (Å²) in [6.45, 7) is 0. The Bertz CT molecular complexity index is 476. The van der Waals surface area contributed by atoms with Crippen LogP contribution >= 0.6 is 0 Å². The number of hydrogen-bond acceptors (Lipinski definition) is 3. The van der Waals surface area contributed by atoms with Crippen molar-refractivity contribution in [2.24, 2.45) is 7.05 Å². The van der Waals surface area contributed by atoms with E-state index in [9.17, 15) is 0 Å². The molecule has 2 rings (SSSR count). The molecule has 4 heteroatoms. The maximum Gasteiger partial charge on any atom is 0.146 e. The first-order valence-electron chi connectivity index (χ1n) is 4.64. The quantitative estimate of drug-likeness (QED) is 0.807. The van der Waals surface area contributed by atoms with Crippen molar-refractivity contribution in [1.29, 1.82) is 0 Å². The standard InChI is InChI=1S/C11H13N3O/c1-14-10(7-11(12)13-14)8-4-3-5-9(6-8)15-2/h3-7H,1-2H3,(H2,12,13). The summed E-state index contributed by atoms with van der Waals surface area (Å²) in [5.74, 6) is 1.35. The van der Waals surface area contributed by atoms with Crippen LogP contribution in [-0.4, -0.2) is 16.9 Å². The molecule has 78 valence electrons. The summed E-state index contributed by atoms with van der Waals surface area (Å²) in [4.78, 5) is 0. The number of rotatable bonds is 2. The number of hydrogen-bond donors (Lipinski definition) is 1. The van der Waals surface area contributed by atoms with Gasteiger partial charge in [-0.15, -0.1) is 0 Å². The molecule has 0 fully saturated rings. The molecule has 0 amide bonds. The number of ether oxygens (including phenoxy) is 1. The molecule has 0 saturated heterocycles. The number of nitrogens with zero attached hydrogens (tertiary/aromatic N) is 2. The Morgan fingerprint density at radius 3 is 2.73 bits per heavy atom. The summed E-state index contributed by atoms with van der Waals surface area (Å²) in [6.07, 6.45) is 0. The van der Waals surface area contributed by atoms with Crippen molar-refractivity contribution in [2.45, 2.75) is 0 Å². The smallest absolute Gasteiger partial charge is 0.146 e. The van der Waals surface area contributed by atoms with Crippen molar-refractivity contribution in [3.8, 4) is 17.0 Å². The van der Waals surface area contributed by atoms with E-state index in [1.54, 1.807) is 11.8 Å². The molecule has 1 aromatic carbocycles. The summed E-state index contributed by atoms with van der Waals surface area (Å²) < 4.78 is 6.92. The Balaban J connectivity index is 2.49. The molecule has 15 heavy (non-hydrogen) atoms. The largest absolute Gasteiger partial charge is 0.497 e. The molecule has 0 aliphatic heterocycles. The molecular formula is C11H13N3O. The summed E-state index contributed by atoms with van der Waals surface area (Å²) in [6, 6.07) is 9.64. The number of nitrogen functional groups attached to an aromatic ring is 1. The minimum absolute atomic E-state index is 0.523. The van der Waals surface area contributed by atoms with E-state index in [1.807, 2.05) is 37.4 Å². The highest BCUT2D eigenvalue weighted by molar-refractivity contribution is 5.64. The molecule has 4 nitrogen and oxygen atoms in total. The van der Waals surface area contributed by atoms with Gasteiger partial charge >= 0.3 is 0 Å². The van der Waals surface area contributed by atoms with Gasteiger partial charge in [-0.25, -0.2) is 0 Å². The lowest BCUT2D eigenvalue weighted by Crippen LogP contribution is -1.94. The third kappa shape index (κ3) is 1.79. The van der Waals surface area contributed by atoms with Gasteiger partial charge in [0.05, 0.1) is 12.8 Å². The predicted molar refractivity (Wildman–Crippen MR) is 59.6 cm³/mol.